The van der Waals surface area contributed by atoms with Crippen LogP contribution < -0.4 is 5.32 Å². The second-order valence-electron chi connectivity index (χ2n) is 4.54. The van der Waals surface area contributed by atoms with Crippen LogP contribution in [0.2, 0.25) is 0 Å². The SMILES string of the molecule is CCNC(=O)OC1CCN(C(C)C)CC1(F)F.[HH]. The first-order valence-corrected chi connectivity index (χ1v) is 5.93. The summed E-state index contributed by atoms with van der Waals surface area (Å²) in [7, 11) is 0. The van der Waals surface area contributed by atoms with Gasteiger partial charge in [-0.2, -0.15) is 0 Å². The Morgan fingerprint density at radius 1 is 1.65 bits per heavy atom. The van der Waals surface area contributed by atoms with Crippen LogP contribution in [0.5, 0.6) is 0 Å². The summed E-state index contributed by atoms with van der Waals surface area (Å²) in [6.45, 7) is 6.00. The molecule has 0 bridgehead atoms. The topological polar surface area (TPSA) is 41.6 Å². The van der Waals surface area contributed by atoms with Crippen molar-refractivity contribution in [1.29, 1.82) is 0 Å². The zero-order chi connectivity index (χ0) is 13.1. The van der Waals surface area contributed by atoms with E-state index in [9.17, 15) is 13.6 Å². The van der Waals surface area contributed by atoms with Gasteiger partial charge in [0.05, 0.1) is 6.54 Å². The zero-order valence-electron chi connectivity index (χ0n) is 10.5. The number of nitrogens with one attached hydrogen (secondary N) is 1. The first-order chi connectivity index (χ1) is 7.86. The van der Waals surface area contributed by atoms with Crippen LogP contribution in [0.4, 0.5) is 13.6 Å². The second kappa shape index (κ2) is 5.62. The molecule has 1 amide bonds. The average molecular weight is 252 g/mol. The standard InChI is InChI=1S/C11H20F2N2O2.H2/c1-4-14-10(16)17-9-5-6-15(8(2)3)7-11(9,12)13;/h8-9H,4-7H2,1-3H3,(H,14,16);1H. The number of nitrogens with zero attached hydrogens (tertiary/aromatic N) is 1. The van der Waals surface area contributed by atoms with E-state index in [2.05, 4.69) is 5.32 Å². The van der Waals surface area contributed by atoms with Crippen LogP contribution >= 0.6 is 0 Å². The summed E-state index contributed by atoms with van der Waals surface area (Å²) in [5, 5.41) is 2.36. The third-order valence-corrected chi connectivity index (χ3v) is 2.86. The molecule has 1 aliphatic rings. The van der Waals surface area contributed by atoms with Crippen LogP contribution in [0.3, 0.4) is 0 Å². The molecule has 1 rings (SSSR count). The van der Waals surface area contributed by atoms with E-state index in [1.165, 1.54) is 0 Å². The van der Waals surface area contributed by atoms with Crippen LogP contribution in [0.25, 0.3) is 0 Å². The van der Waals surface area contributed by atoms with E-state index in [1.54, 1.807) is 11.8 Å². The second-order valence-corrected chi connectivity index (χ2v) is 4.54. The minimum atomic E-state index is -2.98. The molecule has 1 aliphatic heterocycles. The Hall–Kier alpha value is -0.910. The monoisotopic (exact) mass is 252 g/mol. The van der Waals surface area contributed by atoms with Gasteiger partial charge in [0, 0.05) is 27.0 Å². The lowest BCUT2D eigenvalue weighted by Gasteiger charge is -2.39. The number of rotatable bonds is 3. The third-order valence-electron chi connectivity index (χ3n) is 2.86. The maximum Gasteiger partial charge on any atom is 0.407 e. The summed E-state index contributed by atoms with van der Waals surface area (Å²) in [4.78, 5) is 12.8. The Labute approximate surface area is 102 Å². The molecule has 0 aromatic heterocycles. The number of alkyl carbamates (subject to hydrolysis) is 1. The van der Waals surface area contributed by atoms with E-state index in [1.807, 2.05) is 13.8 Å². The number of carbonyl (C=O) groups is 1. The Balaban J connectivity index is 0.00000289. The molecule has 1 N–H and O–H groups in total. The summed E-state index contributed by atoms with van der Waals surface area (Å²) in [5.41, 5.74) is 0. The number of hydrogen-bond donors (Lipinski definition) is 1. The number of likely N-dealkylation sites (tertiary alicyclic amines) is 1. The highest BCUT2D eigenvalue weighted by atomic mass is 19.3. The largest absolute Gasteiger partial charge is 0.440 e. The predicted octanol–water partition coefficient (Wildman–Crippen LogP) is 2.10. The van der Waals surface area contributed by atoms with E-state index >= 15 is 0 Å². The molecule has 1 heterocycles. The number of halogens is 2. The van der Waals surface area contributed by atoms with Gasteiger partial charge in [0.25, 0.3) is 5.92 Å². The van der Waals surface area contributed by atoms with Crippen LogP contribution in [0.15, 0.2) is 0 Å². The van der Waals surface area contributed by atoms with Gasteiger partial charge in [-0.3, -0.25) is 4.90 Å². The molecule has 6 heteroatoms. The first kappa shape index (κ1) is 14.2. The first-order valence-electron chi connectivity index (χ1n) is 5.93. The number of carbonyl (C=O) groups excluding carboxylic acids is 1. The maximum absolute atomic E-state index is 13.7. The summed E-state index contributed by atoms with van der Waals surface area (Å²) in [6, 6.07) is 0.0753. The van der Waals surface area contributed by atoms with E-state index < -0.39 is 18.1 Å². The van der Waals surface area contributed by atoms with E-state index in [0.717, 1.165) is 0 Å². The van der Waals surface area contributed by atoms with Crippen LogP contribution in [0, 0.1) is 0 Å². The molecule has 17 heavy (non-hydrogen) atoms. The van der Waals surface area contributed by atoms with Crippen molar-refractivity contribution in [3.8, 4) is 0 Å². The molecule has 102 valence electrons. The molecule has 1 unspecified atom stereocenters. The molecular formula is C11H22F2N2O2. The summed E-state index contributed by atoms with van der Waals surface area (Å²) < 4.78 is 32.2. The fourth-order valence-electron chi connectivity index (χ4n) is 1.85. The predicted molar refractivity (Wildman–Crippen MR) is 62.3 cm³/mol. The van der Waals surface area contributed by atoms with Crippen molar-refractivity contribution in [2.75, 3.05) is 19.6 Å². The van der Waals surface area contributed by atoms with Crippen LogP contribution in [-0.4, -0.2) is 48.7 Å². The van der Waals surface area contributed by atoms with Gasteiger partial charge < -0.3 is 10.1 Å². The lowest BCUT2D eigenvalue weighted by atomic mass is 10.0. The molecule has 0 aromatic rings. The lowest BCUT2D eigenvalue weighted by molar-refractivity contribution is -0.155. The van der Waals surface area contributed by atoms with Gasteiger partial charge in [-0.15, -0.1) is 0 Å². The van der Waals surface area contributed by atoms with Crippen molar-refractivity contribution in [2.24, 2.45) is 0 Å². The molecule has 0 spiro atoms. The minimum absolute atomic E-state index is 0. The molecular weight excluding hydrogens is 230 g/mol. The van der Waals surface area contributed by atoms with E-state index in [-0.39, 0.29) is 20.4 Å². The maximum atomic E-state index is 13.7. The van der Waals surface area contributed by atoms with Crippen molar-refractivity contribution in [3.63, 3.8) is 0 Å². The number of hydrogen-bond acceptors (Lipinski definition) is 3. The summed E-state index contributed by atoms with van der Waals surface area (Å²) >= 11 is 0. The molecule has 1 fully saturated rings. The Bertz CT molecular complexity index is 278. The van der Waals surface area contributed by atoms with Gasteiger partial charge >= 0.3 is 6.09 Å². The van der Waals surface area contributed by atoms with Gasteiger partial charge in [0.2, 0.25) is 0 Å². The quantitative estimate of drug-likeness (QED) is 0.836. The molecule has 0 saturated carbocycles. The number of piperidine rings is 1. The zero-order valence-corrected chi connectivity index (χ0v) is 10.5. The highest BCUT2D eigenvalue weighted by Crippen LogP contribution is 2.30. The van der Waals surface area contributed by atoms with E-state index in [4.69, 9.17) is 4.74 Å². The molecule has 1 saturated heterocycles. The van der Waals surface area contributed by atoms with Crippen molar-refractivity contribution in [2.45, 2.75) is 45.3 Å². The number of alkyl halides is 2. The van der Waals surface area contributed by atoms with Crippen molar-refractivity contribution < 1.29 is 19.7 Å². The van der Waals surface area contributed by atoms with Crippen LogP contribution in [-0.2, 0) is 4.74 Å². The molecule has 0 aliphatic carbocycles. The molecule has 0 radical (unpaired) electrons. The smallest absolute Gasteiger partial charge is 0.407 e. The van der Waals surface area contributed by atoms with Gasteiger partial charge in [-0.1, -0.05) is 0 Å². The van der Waals surface area contributed by atoms with Gasteiger partial charge in [0.15, 0.2) is 6.10 Å². The van der Waals surface area contributed by atoms with Crippen molar-refractivity contribution >= 4 is 6.09 Å². The number of amides is 1. The van der Waals surface area contributed by atoms with Crippen molar-refractivity contribution in [3.05, 3.63) is 0 Å². The Morgan fingerprint density at radius 3 is 2.76 bits per heavy atom. The highest BCUT2D eigenvalue weighted by Gasteiger charge is 2.47. The fraction of sp³-hybridized carbons (Fsp3) is 0.909. The van der Waals surface area contributed by atoms with Crippen molar-refractivity contribution in [1.82, 2.24) is 10.2 Å². The molecule has 0 aromatic carbocycles. The molecule has 1 atom stereocenters. The normalized spacial score (nSPS) is 24.7. The highest BCUT2D eigenvalue weighted by molar-refractivity contribution is 5.67. The van der Waals surface area contributed by atoms with Gasteiger partial charge in [-0.25, -0.2) is 13.6 Å². The molecule has 4 nitrogen and oxygen atoms in total. The lowest BCUT2D eigenvalue weighted by Crippen LogP contribution is -2.55. The van der Waals surface area contributed by atoms with Gasteiger partial charge in [-0.05, 0) is 20.8 Å². The summed E-state index contributed by atoms with van der Waals surface area (Å²) in [5.74, 6) is -2.98. The average Bonchev–Trinajstić information content (AvgIpc) is 2.20. The van der Waals surface area contributed by atoms with E-state index in [0.29, 0.717) is 13.1 Å². The third kappa shape index (κ3) is 3.80. The van der Waals surface area contributed by atoms with Gasteiger partial charge in [0.1, 0.15) is 0 Å². The summed E-state index contributed by atoms with van der Waals surface area (Å²) in [6.07, 6.45) is -1.92. The Morgan fingerprint density at radius 2 is 2.29 bits per heavy atom. The van der Waals surface area contributed by atoms with Crippen LogP contribution in [0.1, 0.15) is 28.6 Å². The number of ether oxygens (including phenoxy) is 1. The fourth-order valence-corrected chi connectivity index (χ4v) is 1.85. The minimum Gasteiger partial charge on any atom is -0.440 e. The Kier molecular flexibility index (Phi) is 4.68.